The molecule has 1 aliphatic rings. The van der Waals surface area contributed by atoms with Gasteiger partial charge in [0.25, 0.3) is 0 Å². The molecule has 0 atom stereocenters. The van der Waals surface area contributed by atoms with Crippen molar-refractivity contribution in [1.82, 2.24) is 9.88 Å². The molecule has 7 heteroatoms. The molecule has 0 bridgehead atoms. The third kappa shape index (κ3) is 4.79. The number of carboxylic acids is 1. The molecular formula is C13H18N2O3S2. The monoisotopic (exact) mass is 314 g/mol. The zero-order chi connectivity index (χ0) is 14.5. The minimum absolute atomic E-state index is 0.0260. The summed E-state index contributed by atoms with van der Waals surface area (Å²) in [4.78, 5) is 28.8. The number of hydrogen-bond donors (Lipinski definition) is 1. The first kappa shape index (κ1) is 15.3. The minimum atomic E-state index is -0.853. The summed E-state index contributed by atoms with van der Waals surface area (Å²) in [6, 6.07) is 0.268. The van der Waals surface area contributed by atoms with E-state index < -0.39 is 5.97 Å². The van der Waals surface area contributed by atoms with E-state index in [1.807, 2.05) is 12.3 Å². The lowest BCUT2D eigenvalue weighted by Crippen LogP contribution is -2.36. The standard InChI is InChI=1S/C13H18N2O3S2/c1-9-14-10(7-20-9)6-19-8-12(16)15(11-2-3-11)5-4-13(17)18/h7,11H,2-6,8H2,1H3,(H,17,18). The maximum Gasteiger partial charge on any atom is 0.305 e. The Balaban J connectivity index is 1.75. The van der Waals surface area contributed by atoms with Gasteiger partial charge in [-0.25, -0.2) is 4.98 Å². The average molecular weight is 314 g/mol. The maximum atomic E-state index is 12.1. The van der Waals surface area contributed by atoms with Crippen LogP contribution < -0.4 is 0 Å². The van der Waals surface area contributed by atoms with Gasteiger partial charge >= 0.3 is 5.97 Å². The third-order valence-electron chi connectivity index (χ3n) is 3.02. The molecule has 1 N–H and O–H groups in total. The molecule has 0 saturated heterocycles. The Labute approximate surface area is 126 Å². The van der Waals surface area contributed by atoms with Gasteiger partial charge in [-0.2, -0.15) is 0 Å². The Morgan fingerprint density at radius 2 is 2.30 bits per heavy atom. The lowest BCUT2D eigenvalue weighted by atomic mass is 10.3. The van der Waals surface area contributed by atoms with E-state index in [4.69, 9.17) is 5.11 Å². The van der Waals surface area contributed by atoms with Gasteiger partial charge in [-0.3, -0.25) is 9.59 Å². The van der Waals surface area contributed by atoms with E-state index in [2.05, 4.69) is 4.98 Å². The van der Waals surface area contributed by atoms with Crippen molar-refractivity contribution < 1.29 is 14.7 Å². The fraction of sp³-hybridized carbons (Fsp3) is 0.615. The molecule has 0 aromatic carbocycles. The summed E-state index contributed by atoms with van der Waals surface area (Å²) in [7, 11) is 0. The highest BCUT2D eigenvalue weighted by atomic mass is 32.2. The van der Waals surface area contributed by atoms with Crippen LogP contribution in [-0.2, 0) is 15.3 Å². The Kier molecular flexibility index (Phi) is 5.42. The number of rotatable bonds is 8. The minimum Gasteiger partial charge on any atom is -0.481 e. The summed E-state index contributed by atoms with van der Waals surface area (Å²) in [6.45, 7) is 2.29. The number of aliphatic carboxylic acids is 1. The number of aryl methyl sites for hydroxylation is 1. The molecule has 1 fully saturated rings. The van der Waals surface area contributed by atoms with Crippen molar-refractivity contribution in [2.45, 2.75) is 38.0 Å². The van der Waals surface area contributed by atoms with Crippen LogP contribution in [0.1, 0.15) is 30.0 Å². The Morgan fingerprint density at radius 3 is 2.85 bits per heavy atom. The van der Waals surface area contributed by atoms with Gasteiger partial charge in [-0.05, 0) is 19.8 Å². The zero-order valence-corrected chi connectivity index (χ0v) is 13.0. The molecule has 20 heavy (non-hydrogen) atoms. The topological polar surface area (TPSA) is 70.5 Å². The Hall–Kier alpha value is -1.08. The summed E-state index contributed by atoms with van der Waals surface area (Å²) in [6.07, 6.45) is 2.03. The van der Waals surface area contributed by atoms with Crippen molar-refractivity contribution >= 4 is 35.0 Å². The highest BCUT2D eigenvalue weighted by Gasteiger charge is 2.32. The molecule has 0 spiro atoms. The van der Waals surface area contributed by atoms with Crippen LogP contribution in [0.25, 0.3) is 0 Å². The largest absolute Gasteiger partial charge is 0.481 e. The van der Waals surface area contributed by atoms with Crippen molar-refractivity contribution in [1.29, 1.82) is 0 Å². The van der Waals surface area contributed by atoms with Crippen LogP contribution in [0.4, 0.5) is 0 Å². The van der Waals surface area contributed by atoms with Crippen LogP contribution in [0, 0.1) is 6.92 Å². The predicted octanol–water partition coefficient (Wildman–Crippen LogP) is 2.15. The molecule has 5 nitrogen and oxygen atoms in total. The number of amides is 1. The molecule has 2 rings (SSSR count). The van der Waals surface area contributed by atoms with Crippen LogP contribution in [0.15, 0.2) is 5.38 Å². The second kappa shape index (κ2) is 7.08. The molecule has 1 amide bonds. The van der Waals surface area contributed by atoms with Crippen LogP contribution >= 0.6 is 23.1 Å². The fourth-order valence-electron chi connectivity index (χ4n) is 1.91. The summed E-state index contributed by atoms with van der Waals surface area (Å²) in [5.41, 5.74) is 1.01. The SMILES string of the molecule is Cc1nc(CSCC(=O)N(CCC(=O)O)C2CC2)cs1. The Bertz CT molecular complexity index is 486. The number of carboxylic acid groups (broad SMARTS) is 1. The number of nitrogens with zero attached hydrogens (tertiary/aromatic N) is 2. The number of carbonyl (C=O) groups excluding carboxylic acids is 1. The summed E-state index contributed by atoms with van der Waals surface area (Å²) in [5, 5.41) is 11.8. The number of aromatic nitrogens is 1. The van der Waals surface area contributed by atoms with E-state index in [1.54, 1.807) is 28.0 Å². The van der Waals surface area contributed by atoms with Gasteiger partial charge < -0.3 is 10.0 Å². The normalized spacial score (nSPS) is 14.2. The predicted molar refractivity (Wildman–Crippen MR) is 80.0 cm³/mol. The van der Waals surface area contributed by atoms with E-state index in [1.165, 1.54) is 0 Å². The highest BCUT2D eigenvalue weighted by Crippen LogP contribution is 2.28. The lowest BCUT2D eigenvalue weighted by Gasteiger charge is -2.21. The number of thioether (sulfide) groups is 1. The number of hydrogen-bond acceptors (Lipinski definition) is 5. The molecule has 1 aromatic heterocycles. The van der Waals surface area contributed by atoms with E-state index in [0.717, 1.165) is 29.3 Å². The Morgan fingerprint density at radius 1 is 1.55 bits per heavy atom. The second-order valence-electron chi connectivity index (χ2n) is 4.81. The van der Waals surface area contributed by atoms with Crippen molar-refractivity contribution in [2.75, 3.05) is 12.3 Å². The van der Waals surface area contributed by atoms with Crippen molar-refractivity contribution in [3.63, 3.8) is 0 Å². The first-order chi connectivity index (χ1) is 9.56. The van der Waals surface area contributed by atoms with Gasteiger partial charge in [0.15, 0.2) is 0 Å². The molecule has 0 aliphatic heterocycles. The average Bonchev–Trinajstić information content (AvgIpc) is 3.13. The summed E-state index contributed by atoms with van der Waals surface area (Å²) in [5.74, 6) is 0.319. The molecule has 0 radical (unpaired) electrons. The molecule has 0 unspecified atom stereocenters. The van der Waals surface area contributed by atoms with Crippen LogP contribution in [0.3, 0.4) is 0 Å². The van der Waals surface area contributed by atoms with Crippen LogP contribution in [0.2, 0.25) is 0 Å². The maximum absolute atomic E-state index is 12.1. The molecule has 1 saturated carbocycles. The second-order valence-corrected chi connectivity index (χ2v) is 6.86. The first-order valence-electron chi connectivity index (χ1n) is 6.56. The number of carbonyl (C=O) groups is 2. The summed E-state index contributed by atoms with van der Waals surface area (Å²) < 4.78 is 0. The molecule has 110 valence electrons. The van der Waals surface area contributed by atoms with Gasteiger partial charge in [0, 0.05) is 23.7 Å². The van der Waals surface area contributed by atoms with Crippen LogP contribution in [-0.4, -0.2) is 45.2 Å². The van der Waals surface area contributed by atoms with E-state index >= 15 is 0 Å². The van der Waals surface area contributed by atoms with Gasteiger partial charge in [-0.15, -0.1) is 23.1 Å². The van der Waals surface area contributed by atoms with Crippen molar-refractivity contribution in [3.05, 3.63) is 16.1 Å². The quantitative estimate of drug-likeness (QED) is 0.796. The smallest absolute Gasteiger partial charge is 0.305 e. The lowest BCUT2D eigenvalue weighted by molar-refractivity contribution is -0.138. The fourth-order valence-corrected chi connectivity index (χ4v) is 3.43. The van der Waals surface area contributed by atoms with Crippen molar-refractivity contribution in [2.24, 2.45) is 0 Å². The van der Waals surface area contributed by atoms with Crippen LogP contribution in [0.5, 0.6) is 0 Å². The molecule has 1 heterocycles. The highest BCUT2D eigenvalue weighted by molar-refractivity contribution is 7.99. The van der Waals surface area contributed by atoms with Gasteiger partial charge in [0.2, 0.25) is 5.91 Å². The third-order valence-corrected chi connectivity index (χ3v) is 4.79. The van der Waals surface area contributed by atoms with Crippen molar-refractivity contribution in [3.8, 4) is 0 Å². The zero-order valence-electron chi connectivity index (χ0n) is 11.4. The van der Waals surface area contributed by atoms with E-state index in [-0.39, 0.29) is 18.4 Å². The van der Waals surface area contributed by atoms with Gasteiger partial charge in [-0.1, -0.05) is 0 Å². The van der Waals surface area contributed by atoms with Gasteiger partial charge in [0.05, 0.1) is 22.9 Å². The summed E-state index contributed by atoms with van der Waals surface area (Å²) >= 11 is 3.15. The number of thiazole rings is 1. The molecule has 1 aliphatic carbocycles. The first-order valence-corrected chi connectivity index (χ1v) is 8.59. The van der Waals surface area contributed by atoms with E-state index in [9.17, 15) is 9.59 Å². The molecule has 1 aromatic rings. The molecular weight excluding hydrogens is 296 g/mol. The van der Waals surface area contributed by atoms with E-state index in [0.29, 0.717) is 12.3 Å². The van der Waals surface area contributed by atoms with Gasteiger partial charge in [0.1, 0.15) is 0 Å².